The number of aliphatic hydroxyl groups excluding tert-OH is 7. The van der Waals surface area contributed by atoms with Crippen molar-refractivity contribution in [2.45, 2.75) is 86.5 Å². The van der Waals surface area contributed by atoms with Crippen LogP contribution in [0.5, 0.6) is 0 Å². The average molecular weight is 564 g/mol. The van der Waals surface area contributed by atoms with Crippen molar-refractivity contribution in [3.05, 3.63) is 11.6 Å². The maximum atomic E-state index is 13.0. The Bertz CT molecular complexity index is 1020. The van der Waals surface area contributed by atoms with Crippen molar-refractivity contribution in [1.29, 1.82) is 0 Å². The van der Waals surface area contributed by atoms with Gasteiger partial charge in [0.05, 0.1) is 37.0 Å². The highest BCUT2D eigenvalue weighted by Gasteiger charge is 2.68. The zero-order chi connectivity index (χ0) is 29.4. The third kappa shape index (κ3) is 5.49. The predicted molar refractivity (Wildman–Crippen MR) is 121 cm³/mol. The van der Waals surface area contributed by atoms with E-state index in [1.54, 1.807) is 0 Å². The highest BCUT2D eigenvalue weighted by molar-refractivity contribution is 5.94. The van der Waals surface area contributed by atoms with E-state index >= 15 is 0 Å². The zero-order valence-electron chi connectivity index (χ0n) is 20.8. The lowest BCUT2D eigenvalue weighted by Crippen LogP contribution is -2.77. The Morgan fingerprint density at radius 2 is 1.74 bits per heavy atom. The van der Waals surface area contributed by atoms with Gasteiger partial charge >= 0.3 is 11.9 Å². The number of esters is 1. The molecule has 17 heteroatoms. The van der Waals surface area contributed by atoms with Crippen LogP contribution < -0.4 is 10.6 Å². The summed E-state index contributed by atoms with van der Waals surface area (Å²) in [5.41, 5.74) is -3.22. The van der Waals surface area contributed by atoms with E-state index in [0.717, 1.165) is 19.9 Å². The second-order valence-corrected chi connectivity index (χ2v) is 9.64. The standard InChI is InChI=1S/C22H32N2O15/c1-7(27)23-13-10(29)4-22(20(35)36)38-17(13)18(33)21(6-26,39-22)9-3-12(37-19(9)34)14(24-8(2)28)16(32)15(31)11(30)5-25/h3,10-18,25-26,29-33H,4-6H2,1-2H3,(H,23,27)(H,24,28)(H,35,36). The van der Waals surface area contributed by atoms with E-state index in [-0.39, 0.29) is 0 Å². The SMILES string of the molecule is CC(=O)NC(C1C=C(C2(CO)OC3(C(=O)O)CC(O)C(NC(C)=O)C(O3)C2O)C(=O)O1)C(O)C(O)C(O)CO. The summed E-state index contributed by atoms with van der Waals surface area (Å²) in [5, 5.41) is 86.2. The van der Waals surface area contributed by atoms with Crippen molar-refractivity contribution >= 4 is 23.8 Å². The smallest absolute Gasteiger partial charge is 0.364 e. The fraction of sp³-hybridized carbons (Fsp3) is 0.727. The highest BCUT2D eigenvalue weighted by atomic mass is 16.8. The van der Waals surface area contributed by atoms with Crippen LogP contribution in [0.15, 0.2) is 11.6 Å². The lowest BCUT2D eigenvalue weighted by atomic mass is 9.76. The zero-order valence-corrected chi connectivity index (χ0v) is 20.8. The Hall–Kier alpha value is -2.74. The Balaban J connectivity index is 2.08. The van der Waals surface area contributed by atoms with E-state index in [0.29, 0.717) is 0 Å². The number of cyclic esters (lactones) is 1. The second kappa shape index (κ2) is 11.4. The van der Waals surface area contributed by atoms with E-state index < -0.39 is 115 Å². The van der Waals surface area contributed by atoms with Gasteiger partial charge in [-0.05, 0) is 6.08 Å². The number of fused-ring (bicyclic) bond motifs is 2. The molecule has 11 atom stereocenters. The normalized spacial score (nSPS) is 37.1. The summed E-state index contributed by atoms with van der Waals surface area (Å²) in [6, 6.07) is -3.03. The number of hydrogen-bond acceptors (Lipinski definition) is 14. The van der Waals surface area contributed by atoms with Gasteiger partial charge in [0.15, 0.2) is 5.60 Å². The molecule has 220 valence electrons. The van der Waals surface area contributed by atoms with Crippen LogP contribution in [0.3, 0.4) is 0 Å². The summed E-state index contributed by atoms with van der Waals surface area (Å²) in [7, 11) is 0. The van der Waals surface area contributed by atoms with Crippen molar-refractivity contribution in [3.8, 4) is 0 Å². The van der Waals surface area contributed by atoms with Gasteiger partial charge in [-0.2, -0.15) is 0 Å². The Morgan fingerprint density at radius 3 is 2.26 bits per heavy atom. The first-order chi connectivity index (χ1) is 18.1. The molecule has 3 aliphatic heterocycles. The summed E-state index contributed by atoms with van der Waals surface area (Å²) in [6.45, 7) is -0.0847. The molecule has 11 unspecified atom stereocenters. The van der Waals surface area contributed by atoms with Gasteiger partial charge < -0.3 is 65.7 Å². The lowest BCUT2D eigenvalue weighted by Gasteiger charge is -2.56. The van der Waals surface area contributed by atoms with E-state index in [4.69, 9.17) is 19.3 Å². The summed E-state index contributed by atoms with van der Waals surface area (Å²) < 4.78 is 16.2. The molecule has 3 rings (SSSR count). The fourth-order valence-electron chi connectivity index (χ4n) is 5.02. The monoisotopic (exact) mass is 564 g/mol. The molecule has 3 heterocycles. The first-order valence-electron chi connectivity index (χ1n) is 11.8. The lowest BCUT2D eigenvalue weighted by molar-refractivity contribution is -0.391. The number of hydrogen-bond donors (Lipinski definition) is 10. The van der Waals surface area contributed by atoms with E-state index in [1.807, 2.05) is 0 Å². The van der Waals surface area contributed by atoms with Crippen molar-refractivity contribution in [3.63, 3.8) is 0 Å². The van der Waals surface area contributed by atoms with Crippen LogP contribution in [0, 0.1) is 0 Å². The Kier molecular flexibility index (Phi) is 9.00. The number of carboxylic acid groups (broad SMARTS) is 1. The highest BCUT2D eigenvalue weighted by Crippen LogP contribution is 2.47. The van der Waals surface area contributed by atoms with Gasteiger partial charge in [0, 0.05) is 20.3 Å². The van der Waals surface area contributed by atoms with Crippen LogP contribution in [0.4, 0.5) is 0 Å². The number of aliphatic hydroxyl groups is 7. The van der Waals surface area contributed by atoms with Crippen molar-refractivity contribution in [2.75, 3.05) is 13.2 Å². The number of nitrogens with one attached hydrogen (secondary N) is 2. The molecule has 3 aliphatic rings. The van der Waals surface area contributed by atoms with Gasteiger partial charge in [-0.1, -0.05) is 0 Å². The van der Waals surface area contributed by atoms with Gasteiger partial charge in [0.2, 0.25) is 11.8 Å². The van der Waals surface area contributed by atoms with Crippen LogP contribution in [-0.2, 0) is 33.4 Å². The molecule has 2 fully saturated rings. The molecule has 0 aliphatic carbocycles. The number of carbonyl (C=O) groups excluding carboxylic acids is 3. The first-order valence-corrected chi connectivity index (χ1v) is 11.8. The minimum atomic E-state index is -2.70. The molecule has 2 saturated heterocycles. The van der Waals surface area contributed by atoms with Crippen molar-refractivity contribution < 1.29 is 74.2 Å². The fourth-order valence-corrected chi connectivity index (χ4v) is 5.02. The average Bonchev–Trinajstić information content (AvgIpc) is 3.26. The van der Waals surface area contributed by atoms with Gasteiger partial charge in [-0.15, -0.1) is 0 Å². The van der Waals surface area contributed by atoms with Crippen molar-refractivity contribution in [2.24, 2.45) is 0 Å². The van der Waals surface area contributed by atoms with E-state index in [1.165, 1.54) is 0 Å². The molecule has 39 heavy (non-hydrogen) atoms. The van der Waals surface area contributed by atoms with Gasteiger partial charge in [0.25, 0.3) is 5.79 Å². The summed E-state index contributed by atoms with van der Waals surface area (Å²) >= 11 is 0. The Morgan fingerprint density at radius 1 is 1.10 bits per heavy atom. The van der Waals surface area contributed by atoms with Crippen molar-refractivity contribution in [1.82, 2.24) is 10.6 Å². The maximum absolute atomic E-state index is 13.0. The molecule has 0 radical (unpaired) electrons. The number of rotatable bonds is 10. The first kappa shape index (κ1) is 30.8. The van der Waals surface area contributed by atoms with Crippen LogP contribution in [0.25, 0.3) is 0 Å². The topological polar surface area (TPSA) is 282 Å². The second-order valence-electron chi connectivity index (χ2n) is 9.64. The number of carbonyl (C=O) groups is 4. The van der Waals surface area contributed by atoms with E-state index in [9.17, 15) is 54.9 Å². The number of amides is 2. The molecule has 0 aromatic heterocycles. The molecule has 0 aromatic carbocycles. The summed E-state index contributed by atoms with van der Waals surface area (Å²) in [5.74, 6) is -7.21. The molecule has 0 spiro atoms. The Labute approximate surface area is 220 Å². The molecule has 17 nitrogen and oxygen atoms in total. The molecule has 10 N–H and O–H groups in total. The summed E-state index contributed by atoms with van der Waals surface area (Å²) in [4.78, 5) is 48.8. The summed E-state index contributed by atoms with van der Waals surface area (Å²) in [6.07, 6.45) is -12.8. The third-order valence-electron chi connectivity index (χ3n) is 6.91. The molecule has 0 saturated carbocycles. The molecular weight excluding hydrogens is 532 g/mol. The van der Waals surface area contributed by atoms with Gasteiger partial charge in [0.1, 0.15) is 36.6 Å². The van der Waals surface area contributed by atoms with E-state index in [2.05, 4.69) is 10.6 Å². The molecule has 0 aromatic rings. The predicted octanol–water partition coefficient (Wildman–Crippen LogP) is -6.02. The number of carboxylic acids is 1. The van der Waals surface area contributed by atoms with Crippen LogP contribution in [-0.4, -0.2) is 144 Å². The minimum absolute atomic E-state index is 0.654. The van der Waals surface area contributed by atoms with Crippen LogP contribution >= 0.6 is 0 Å². The van der Waals surface area contributed by atoms with Gasteiger partial charge in [-0.25, -0.2) is 9.59 Å². The maximum Gasteiger partial charge on any atom is 0.364 e. The van der Waals surface area contributed by atoms with Crippen LogP contribution in [0.1, 0.15) is 20.3 Å². The molecule has 2 amide bonds. The quantitative estimate of drug-likeness (QED) is 0.111. The third-order valence-corrected chi connectivity index (χ3v) is 6.91. The molecular formula is C22H32N2O15. The minimum Gasteiger partial charge on any atom is -0.477 e. The van der Waals surface area contributed by atoms with Crippen LogP contribution in [0.2, 0.25) is 0 Å². The number of ether oxygens (including phenoxy) is 3. The van der Waals surface area contributed by atoms with Gasteiger partial charge in [-0.3, -0.25) is 9.59 Å². The largest absolute Gasteiger partial charge is 0.477 e. The molecule has 2 bridgehead atoms. The number of aliphatic carboxylic acids is 1.